The Kier molecular flexibility index (Phi) is 5.44. The van der Waals surface area contributed by atoms with E-state index in [1.54, 1.807) is 11.3 Å². The first-order chi connectivity index (χ1) is 22.9. The third kappa shape index (κ3) is 3.77. The Morgan fingerprint density at radius 3 is 1.70 bits per heavy atom. The van der Waals surface area contributed by atoms with Crippen LogP contribution in [0.25, 0.3) is 77.0 Å². The standard InChI is InChI=1S/C40H30N4O2S/c1-39(2)26-18-19-40(39,3)36-31(26)43-32-33(44-36)35(25-15-17-30-28(21-25)42-38(46-30)23-12-8-5-9-13-23)47-34(32)24-14-16-29-27(20-24)41-37(45-29)22-10-6-4-7-11-22/h4-17,20-21,26H,18-19H2,1-3H3. The Morgan fingerprint density at radius 2 is 1.15 bits per heavy atom. The van der Waals surface area contributed by atoms with Crippen molar-refractivity contribution in [2.45, 2.75) is 44.9 Å². The molecule has 0 N–H and O–H groups in total. The van der Waals surface area contributed by atoms with Crippen LogP contribution in [0.3, 0.4) is 0 Å². The molecule has 2 aliphatic carbocycles. The molecule has 4 aromatic carbocycles. The molecule has 0 spiro atoms. The highest BCUT2D eigenvalue weighted by molar-refractivity contribution is 7.20. The van der Waals surface area contributed by atoms with Crippen LogP contribution in [0.5, 0.6) is 0 Å². The summed E-state index contributed by atoms with van der Waals surface area (Å²) in [5.41, 5.74) is 11.6. The van der Waals surface area contributed by atoms with Crippen LogP contribution in [-0.4, -0.2) is 19.9 Å². The van der Waals surface area contributed by atoms with Crippen molar-refractivity contribution >= 4 is 44.6 Å². The molecular formula is C40H30N4O2S. The van der Waals surface area contributed by atoms with Crippen molar-refractivity contribution in [1.82, 2.24) is 19.9 Å². The fourth-order valence-corrected chi connectivity index (χ4v) is 9.12. The third-order valence-electron chi connectivity index (χ3n) is 11.0. The van der Waals surface area contributed by atoms with Crippen molar-refractivity contribution < 1.29 is 8.83 Å². The highest BCUT2D eigenvalue weighted by atomic mass is 32.1. The zero-order valence-corrected chi connectivity index (χ0v) is 27.1. The van der Waals surface area contributed by atoms with E-state index in [4.69, 9.17) is 28.8 Å². The van der Waals surface area contributed by atoms with Crippen LogP contribution in [0, 0.1) is 5.41 Å². The van der Waals surface area contributed by atoms with Gasteiger partial charge in [0.25, 0.3) is 0 Å². The highest BCUT2D eigenvalue weighted by Crippen LogP contribution is 2.67. The largest absolute Gasteiger partial charge is 0.436 e. The summed E-state index contributed by atoms with van der Waals surface area (Å²) in [5, 5.41) is 0. The predicted octanol–water partition coefficient (Wildman–Crippen LogP) is 10.8. The first-order valence-electron chi connectivity index (χ1n) is 16.2. The molecular weight excluding hydrogens is 601 g/mol. The number of thiophene rings is 1. The van der Waals surface area contributed by atoms with Crippen molar-refractivity contribution in [3.63, 3.8) is 0 Å². The highest BCUT2D eigenvalue weighted by Gasteiger charge is 2.61. The molecule has 2 bridgehead atoms. The smallest absolute Gasteiger partial charge is 0.227 e. The molecule has 1 saturated carbocycles. The van der Waals surface area contributed by atoms with Gasteiger partial charge in [-0.15, -0.1) is 11.3 Å². The van der Waals surface area contributed by atoms with Crippen LogP contribution in [-0.2, 0) is 5.41 Å². The quantitative estimate of drug-likeness (QED) is 0.193. The van der Waals surface area contributed by atoms with E-state index in [-0.39, 0.29) is 10.8 Å². The lowest BCUT2D eigenvalue weighted by molar-refractivity contribution is 0.227. The number of benzene rings is 4. The topological polar surface area (TPSA) is 77.8 Å². The van der Waals surface area contributed by atoms with Crippen molar-refractivity contribution in [2.24, 2.45) is 5.41 Å². The van der Waals surface area contributed by atoms with Crippen LogP contribution < -0.4 is 0 Å². The van der Waals surface area contributed by atoms with Crippen molar-refractivity contribution in [3.8, 4) is 43.8 Å². The molecule has 1 fully saturated rings. The second-order valence-electron chi connectivity index (χ2n) is 13.7. The number of hydrogen-bond acceptors (Lipinski definition) is 7. The number of nitrogens with zero attached hydrogens (tertiary/aromatic N) is 4. The third-order valence-corrected chi connectivity index (χ3v) is 12.2. The van der Waals surface area contributed by atoms with E-state index in [2.05, 4.69) is 45.0 Å². The van der Waals surface area contributed by atoms with Crippen molar-refractivity contribution in [2.75, 3.05) is 0 Å². The first-order valence-corrected chi connectivity index (χ1v) is 17.0. The van der Waals surface area contributed by atoms with Gasteiger partial charge in [0, 0.05) is 22.5 Å². The van der Waals surface area contributed by atoms with Gasteiger partial charge < -0.3 is 8.83 Å². The normalized spacial score (nSPS) is 19.7. The molecule has 4 heterocycles. The summed E-state index contributed by atoms with van der Waals surface area (Å²) in [6.45, 7) is 7.19. The molecule has 0 amide bonds. The summed E-state index contributed by atoms with van der Waals surface area (Å²) in [7, 11) is 0. The van der Waals surface area contributed by atoms with Crippen molar-refractivity contribution in [3.05, 3.63) is 108 Å². The Hall–Kier alpha value is -5.14. The monoisotopic (exact) mass is 630 g/mol. The SMILES string of the molecule is CC12CCC(c3nc4c(-c5ccc6oc(-c7ccccc7)nc6c5)sc(-c5ccc6oc(-c7ccccc7)nc6c5)c4nc31)C2(C)C. The summed E-state index contributed by atoms with van der Waals surface area (Å²) in [5.74, 6) is 1.65. The van der Waals surface area contributed by atoms with Crippen LogP contribution in [0.2, 0.25) is 0 Å². The van der Waals surface area contributed by atoms with Crippen LogP contribution in [0.15, 0.2) is 106 Å². The second-order valence-corrected chi connectivity index (χ2v) is 14.7. The lowest BCUT2D eigenvalue weighted by Gasteiger charge is -2.34. The molecule has 4 aromatic heterocycles. The van der Waals surface area contributed by atoms with Gasteiger partial charge in [-0.3, -0.25) is 0 Å². The summed E-state index contributed by atoms with van der Waals surface area (Å²) >= 11 is 1.73. The Morgan fingerprint density at radius 1 is 0.617 bits per heavy atom. The van der Waals surface area contributed by atoms with Gasteiger partial charge in [0.1, 0.15) is 22.1 Å². The van der Waals surface area contributed by atoms with E-state index >= 15 is 0 Å². The minimum absolute atomic E-state index is 0.00166. The molecule has 228 valence electrons. The molecule has 0 saturated heterocycles. The minimum Gasteiger partial charge on any atom is -0.436 e. The van der Waals surface area contributed by atoms with E-state index in [9.17, 15) is 0 Å². The molecule has 8 aromatic rings. The van der Waals surface area contributed by atoms with E-state index in [0.29, 0.717) is 17.7 Å². The molecule has 7 heteroatoms. The summed E-state index contributed by atoms with van der Waals surface area (Å²) < 4.78 is 12.3. The average molecular weight is 631 g/mol. The molecule has 2 unspecified atom stereocenters. The summed E-state index contributed by atoms with van der Waals surface area (Å²) in [6, 6.07) is 32.6. The maximum absolute atomic E-state index is 6.16. The molecule has 2 aliphatic rings. The van der Waals surface area contributed by atoms with Gasteiger partial charge in [-0.05, 0) is 90.0 Å². The van der Waals surface area contributed by atoms with Gasteiger partial charge >= 0.3 is 0 Å². The molecule has 47 heavy (non-hydrogen) atoms. The number of hydrogen-bond donors (Lipinski definition) is 0. The number of rotatable bonds is 4. The fourth-order valence-electron chi connectivity index (χ4n) is 7.95. The Labute approximate surface area is 275 Å². The van der Waals surface area contributed by atoms with Gasteiger partial charge in [-0.25, -0.2) is 19.9 Å². The van der Waals surface area contributed by atoms with Gasteiger partial charge in [0.2, 0.25) is 11.8 Å². The van der Waals surface area contributed by atoms with Gasteiger partial charge in [0.15, 0.2) is 11.2 Å². The molecule has 6 nitrogen and oxygen atoms in total. The maximum atomic E-state index is 6.16. The van der Waals surface area contributed by atoms with Gasteiger partial charge in [-0.2, -0.15) is 0 Å². The summed E-state index contributed by atoms with van der Waals surface area (Å²) in [6.07, 6.45) is 2.30. The molecule has 0 aliphatic heterocycles. The number of aromatic nitrogens is 4. The average Bonchev–Trinajstić information content (AvgIpc) is 3.89. The van der Waals surface area contributed by atoms with E-state index in [0.717, 1.165) is 78.1 Å². The lowest BCUT2D eigenvalue weighted by Crippen LogP contribution is -2.31. The molecule has 2 atom stereocenters. The molecule has 0 radical (unpaired) electrons. The van der Waals surface area contributed by atoms with E-state index in [1.165, 1.54) is 11.4 Å². The van der Waals surface area contributed by atoms with E-state index in [1.807, 2.05) is 72.8 Å². The first kappa shape index (κ1) is 27.0. The van der Waals surface area contributed by atoms with Gasteiger partial charge in [0.05, 0.1) is 21.1 Å². The Balaban J connectivity index is 1.17. The maximum Gasteiger partial charge on any atom is 0.227 e. The number of fused-ring (bicyclic) bond motifs is 8. The Bertz CT molecular complexity index is 2530. The molecule has 10 rings (SSSR count). The minimum atomic E-state index is 0.00166. The lowest BCUT2D eigenvalue weighted by atomic mass is 9.70. The van der Waals surface area contributed by atoms with Crippen LogP contribution in [0.4, 0.5) is 0 Å². The second kappa shape index (κ2) is 9.46. The van der Waals surface area contributed by atoms with Gasteiger partial charge in [-0.1, -0.05) is 57.2 Å². The zero-order chi connectivity index (χ0) is 31.5. The fraction of sp³-hybridized carbons (Fsp3) is 0.200. The van der Waals surface area contributed by atoms with Crippen LogP contribution in [0.1, 0.15) is 50.9 Å². The van der Waals surface area contributed by atoms with Crippen molar-refractivity contribution in [1.29, 1.82) is 0 Å². The predicted molar refractivity (Wildman–Crippen MR) is 187 cm³/mol. The number of oxazole rings is 2. The van der Waals surface area contributed by atoms with Crippen LogP contribution >= 0.6 is 11.3 Å². The van der Waals surface area contributed by atoms with E-state index < -0.39 is 0 Å². The zero-order valence-electron chi connectivity index (χ0n) is 26.2. The summed E-state index contributed by atoms with van der Waals surface area (Å²) in [4.78, 5) is 23.0.